The molecule has 0 radical (unpaired) electrons. The van der Waals surface area contributed by atoms with Gasteiger partial charge in [-0.2, -0.15) is 0 Å². The van der Waals surface area contributed by atoms with Gasteiger partial charge >= 0.3 is 0 Å². The smallest absolute Gasteiger partial charge is 0.00196 e. The molecule has 1 atom stereocenters. The summed E-state index contributed by atoms with van der Waals surface area (Å²) in [6.45, 7) is 7.08. The van der Waals surface area contributed by atoms with E-state index in [0.717, 1.165) is 5.92 Å². The third-order valence-corrected chi connectivity index (χ3v) is 2.32. The molecule has 0 aromatic carbocycles. The lowest BCUT2D eigenvalue weighted by Gasteiger charge is -2.07. The van der Waals surface area contributed by atoms with Crippen LogP contribution in [0.15, 0.2) is 0 Å². The monoisotopic (exact) mass is 156 g/mol. The van der Waals surface area contributed by atoms with Gasteiger partial charge in [-0.3, -0.25) is 0 Å². The van der Waals surface area contributed by atoms with Crippen LogP contribution in [0.1, 0.15) is 26.2 Å². The Morgan fingerprint density at radius 3 is 3.00 bits per heavy atom. The van der Waals surface area contributed by atoms with E-state index in [0.29, 0.717) is 0 Å². The predicted molar refractivity (Wildman–Crippen MR) is 48.8 cm³/mol. The molecule has 1 aliphatic heterocycles. The average molecular weight is 156 g/mol. The minimum atomic E-state index is 0.944. The lowest BCUT2D eigenvalue weighted by molar-refractivity contribution is 0.500. The normalized spacial score (nSPS) is 24.3. The maximum Gasteiger partial charge on any atom is -0.00196 e. The van der Waals surface area contributed by atoms with Gasteiger partial charge in [-0.25, -0.2) is 0 Å². The van der Waals surface area contributed by atoms with Crippen molar-refractivity contribution in [1.29, 1.82) is 0 Å². The molecule has 2 heteroatoms. The summed E-state index contributed by atoms with van der Waals surface area (Å²) in [6, 6.07) is 0. The molecule has 0 aliphatic carbocycles. The average Bonchev–Trinajstić information content (AvgIpc) is 2.50. The first-order valence-electron chi connectivity index (χ1n) is 4.85. The molecule has 1 aliphatic rings. The zero-order valence-electron chi connectivity index (χ0n) is 7.53. The Morgan fingerprint density at radius 1 is 1.45 bits per heavy atom. The third kappa shape index (κ3) is 3.73. The molecule has 1 fully saturated rings. The summed E-state index contributed by atoms with van der Waals surface area (Å²) in [5.74, 6) is 0.944. The first-order chi connectivity index (χ1) is 5.43. The Morgan fingerprint density at radius 2 is 2.36 bits per heavy atom. The lowest BCUT2D eigenvalue weighted by atomic mass is 10.1. The van der Waals surface area contributed by atoms with Gasteiger partial charge in [-0.05, 0) is 51.4 Å². The van der Waals surface area contributed by atoms with Crippen LogP contribution in [0, 0.1) is 5.92 Å². The highest BCUT2D eigenvalue weighted by atomic mass is 14.9. The van der Waals surface area contributed by atoms with Gasteiger partial charge < -0.3 is 10.6 Å². The van der Waals surface area contributed by atoms with Crippen LogP contribution in [0.3, 0.4) is 0 Å². The highest BCUT2D eigenvalue weighted by Crippen LogP contribution is 2.10. The highest BCUT2D eigenvalue weighted by Gasteiger charge is 2.12. The molecule has 0 spiro atoms. The molecule has 2 nitrogen and oxygen atoms in total. The van der Waals surface area contributed by atoms with Crippen molar-refractivity contribution in [3.8, 4) is 0 Å². The fourth-order valence-corrected chi connectivity index (χ4v) is 1.57. The van der Waals surface area contributed by atoms with Crippen molar-refractivity contribution < 1.29 is 0 Å². The summed E-state index contributed by atoms with van der Waals surface area (Å²) < 4.78 is 0. The van der Waals surface area contributed by atoms with Crippen molar-refractivity contribution in [1.82, 2.24) is 10.6 Å². The Labute approximate surface area is 69.8 Å². The van der Waals surface area contributed by atoms with Crippen LogP contribution >= 0.6 is 0 Å². The summed E-state index contributed by atoms with van der Waals surface area (Å²) in [5.41, 5.74) is 0. The standard InChI is InChI=1S/C9H20N2/c1-2-5-10-6-3-9-4-7-11-8-9/h9-11H,2-8H2,1H3. The molecule has 0 amide bonds. The van der Waals surface area contributed by atoms with Gasteiger partial charge in [0.25, 0.3) is 0 Å². The summed E-state index contributed by atoms with van der Waals surface area (Å²) in [7, 11) is 0. The van der Waals surface area contributed by atoms with Gasteiger partial charge in [0, 0.05) is 0 Å². The van der Waals surface area contributed by atoms with Crippen molar-refractivity contribution in [3.05, 3.63) is 0 Å². The Balaban J connectivity index is 1.86. The van der Waals surface area contributed by atoms with Crippen LogP contribution in [-0.2, 0) is 0 Å². The van der Waals surface area contributed by atoms with E-state index in [4.69, 9.17) is 0 Å². The molecule has 0 bridgehead atoms. The van der Waals surface area contributed by atoms with E-state index in [1.807, 2.05) is 0 Å². The van der Waals surface area contributed by atoms with Crippen LogP contribution in [0.25, 0.3) is 0 Å². The van der Waals surface area contributed by atoms with Crippen LogP contribution in [0.5, 0.6) is 0 Å². The number of rotatable bonds is 5. The zero-order chi connectivity index (χ0) is 7.94. The molecule has 0 aromatic rings. The van der Waals surface area contributed by atoms with E-state index >= 15 is 0 Å². The van der Waals surface area contributed by atoms with Crippen molar-refractivity contribution in [2.24, 2.45) is 5.92 Å². The molecule has 0 saturated carbocycles. The first kappa shape index (κ1) is 9.01. The lowest BCUT2D eigenvalue weighted by Crippen LogP contribution is -2.19. The molecule has 11 heavy (non-hydrogen) atoms. The first-order valence-corrected chi connectivity index (χ1v) is 4.85. The fourth-order valence-electron chi connectivity index (χ4n) is 1.57. The quantitative estimate of drug-likeness (QED) is 0.580. The van der Waals surface area contributed by atoms with Gasteiger partial charge in [-0.1, -0.05) is 6.92 Å². The van der Waals surface area contributed by atoms with Gasteiger partial charge in [0.2, 0.25) is 0 Å². The van der Waals surface area contributed by atoms with E-state index in [9.17, 15) is 0 Å². The van der Waals surface area contributed by atoms with Crippen molar-refractivity contribution in [2.75, 3.05) is 26.2 Å². The molecule has 1 heterocycles. The second-order valence-corrected chi connectivity index (χ2v) is 3.40. The number of hydrogen-bond donors (Lipinski definition) is 2. The maximum atomic E-state index is 3.43. The Hall–Kier alpha value is -0.0800. The Kier molecular flexibility index (Phi) is 4.55. The minimum absolute atomic E-state index is 0.944. The van der Waals surface area contributed by atoms with E-state index in [2.05, 4.69) is 17.6 Å². The second-order valence-electron chi connectivity index (χ2n) is 3.40. The maximum absolute atomic E-state index is 3.43. The molecule has 2 N–H and O–H groups in total. The van der Waals surface area contributed by atoms with Crippen LogP contribution in [-0.4, -0.2) is 26.2 Å². The summed E-state index contributed by atoms with van der Waals surface area (Å²) in [6.07, 6.45) is 3.99. The summed E-state index contributed by atoms with van der Waals surface area (Å²) in [5, 5.41) is 6.82. The molecular weight excluding hydrogens is 136 g/mol. The Bertz CT molecular complexity index is 87.6. The molecule has 1 rings (SSSR count). The molecule has 0 aromatic heterocycles. The zero-order valence-corrected chi connectivity index (χ0v) is 7.53. The number of hydrogen-bond acceptors (Lipinski definition) is 2. The molecule has 1 saturated heterocycles. The van der Waals surface area contributed by atoms with Crippen LogP contribution in [0.2, 0.25) is 0 Å². The largest absolute Gasteiger partial charge is 0.317 e. The van der Waals surface area contributed by atoms with Crippen molar-refractivity contribution in [2.45, 2.75) is 26.2 Å². The SMILES string of the molecule is CCCNCCC1CCNC1. The van der Waals surface area contributed by atoms with E-state index in [1.54, 1.807) is 0 Å². The topological polar surface area (TPSA) is 24.1 Å². The summed E-state index contributed by atoms with van der Waals surface area (Å²) in [4.78, 5) is 0. The van der Waals surface area contributed by atoms with Gasteiger partial charge in [0.05, 0.1) is 0 Å². The minimum Gasteiger partial charge on any atom is -0.317 e. The summed E-state index contributed by atoms with van der Waals surface area (Å²) >= 11 is 0. The van der Waals surface area contributed by atoms with Crippen molar-refractivity contribution >= 4 is 0 Å². The van der Waals surface area contributed by atoms with Crippen LogP contribution in [0.4, 0.5) is 0 Å². The van der Waals surface area contributed by atoms with Gasteiger partial charge in [0.1, 0.15) is 0 Å². The van der Waals surface area contributed by atoms with E-state index in [1.165, 1.54) is 45.4 Å². The second kappa shape index (κ2) is 5.56. The predicted octanol–water partition coefficient (Wildman–Crippen LogP) is 0.986. The van der Waals surface area contributed by atoms with Gasteiger partial charge in [-0.15, -0.1) is 0 Å². The van der Waals surface area contributed by atoms with Crippen molar-refractivity contribution in [3.63, 3.8) is 0 Å². The fraction of sp³-hybridized carbons (Fsp3) is 1.00. The molecule has 1 unspecified atom stereocenters. The highest BCUT2D eigenvalue weighted by molar-refractivity contribution is 4.71. The van der Waals surface area contributed by atoms with Crippen LogP contribution < -0.4 is 10.6 Å². The van der Waals surface area contributed by atoms with E-state index in [-0.39, 0.29) is 0 Å². The molecular formula is C9H20N2. The number of nitrogens with one attached hydrogen (secondary N) is 2. The third-order valence-electron chi connectivity index (χ3n) is 2.32. The van der Waals surface area contributed by atoms with Gasteiger partial charge in [0.15, 0.2) is 0 Å². The van der Waals surface area contributed by atoms with E-state index < -0.39 is 0 Å². The molecule has 66 valence electrons.